The summed E-state index contributed by atoms with van der Waals surface area (Å²) in [6.45, 7) is 3.41. The Morgan fingerprint density at radius 1 is 1.10 bits per heavy atom. The summed E-state index contributed by atoms with van der Waals surface area (Å²) in [7, 11) is 0. The number of hydrogen-bond donors (Lipinski definition) is 2. The molecular weight excluding hydrogens is 383 g/mol. The fourth-order valence-corrected chi connectivity index (χ4v) is 4.43. The Morgan fingerprint density at radius 2 is 1.79 bits per heavy atom. The van der Waals surface area contributed by atoms with E-state index in [0.717, 1.165) is 38.2 Å². The Morgan fingerprint density at radius 3 is 2.45 bits per heavy atom. The molecule has 8 heteroatoms. The predicted octanol–water partition coefficient (Wildman–Crippen LogP) is 4.79. The van der Waals surface area contributed by atoms with Gasteiger partial charge in [-0.25, -0.2) is 4.79 Å². The minimum absolute atomic E-state index is 0.108. The molecule has 29 heavy (non-hydrogen) atoms. The van der Waals surface area contributed by atoms with Crippen LogP contribution < -0.4 is 10.6 Å². The molecule has 0 unspecified atom stereocenters. The Kier molecular flexibility index (Phi) is 6.39. The highest BCUT2D eigenvalue weighted by atomic mass is 19.4. The van der Waals surface area contributed by atoms with Crippen molar-refractivity contribution in [3.63, 3.8) is 0 Å². The van der Waals surface area contributed by atoms with Gasteiger partial charge in [-0.3, -0.25) is 4.79 Å². The number of likely N-dealkylation sites (tertiary alicyclic amines) is 1. The number of amides is 3. The second kappa shape index (κ2) is 8.63. The lowest BCUT2D eigenvalue weighted by Gasteiger charge is -2.42. The number of carbonyl (C=O) groups excluding carboxylic acids is 2. The minimum atomic E-state index is -4.58. The largest absolute Gasteiger partial charge is 0.418 e. The molecule has 1 aromatic carbocycles. The van der Waals surface area contributed by atoms with Crippen LogP contribution in [0.1, 0.15) is 57.4 Å². The van der Waals surface area contributed by atoms with E-state index in [1.54, 1.807) is 0 Å². The smallest absolute Gasteiger partial charge is 0.340 e. The summed E-state index contributed by atoms with van der Waals surface area (Å²) in [4.78, 5) is 27.8. The average molecular weight is 411 g/mol. The van der Waals surface area contributed by atoms with Crippen LogP contribution >= 0.6 is 0 Å². The number of para-hydroxylation sites is 1. The van der Waals surface area contributed by atoms with Crippen LogP contribution in [0, 0.1) is 5.92 Å². The molecule has 1 saturated heterocycles. The Labute approximate surface area is 169 Å². The lowest BCUT2D eigenvalue weighted by atomic mass is 9.80. The Balaban J connectivity index is 1.77. The highest BCUT2D eigenvalue weighted by Crippen LogP contribution is 2.35. The second-order valence-corrected chi connectivity index (χ2v) is 8.26. The zero-order valence-corrected chi connectivity index (χ0v) is 16.6. The Bertz CT molecular complexity index is 745. The standard InChI is InChI=1S/C21H28F3N3O2/c1-15-8-7-13-27(14-15)18(28)20(11-5-2-6-12-20)26-19(29)25-17-10-4-3-9-16(17)21(22,23)24/h3-4,9-10,15H,2,5-8,11-14H2,1H3,(H2,25,26,29)/t15-/m0/s1. The van der Waals surface area contributed by atoms with Crippen molar-refractivity contribution in [3.05, 3.63) is 29.8 Å². The van der Waals surface area contributed by atoms with E-state index >= 15 is 0 Å². The molecule has 1 heterocycles. The number of nitrogens with one attached hydrogen (secondary N) is 2. The lowest BCUT2D eigenvalue weighted by molar-refractivity contribution is -0.141. The SMILES string of the molecule is C[C@H]1CCCN(C(=O)C2(NC(=O)Nc3ccccc3C(F)(F)F)CCCCC2)C1. The maximum Gasteiger partial charge on any atom is 0.418 e. The monoisotopic (exact) mass is 411 g/mol. The molecule has 0 aromatic heterocycles. The number of carbonyl (C=O) groups is 2. The van der Waals surface area contributed by atoms with Gasteiger partial charge in [0.25, 0.3) is 0 Å². The number of hydrogen-bond acceptors (Lipinski definition) is 2. The van der Waals surface area contributed by atoms with Gasteiger partial charge < -0.3 is 15.5 Å². The van der Waals surface area contributed by atoms with Crippen molar-refractivity contribution in [1.29, 1.82) is 0 Å². The van der Waals surface area contributed by atoms with Crippen molar-refractivity contribution in [2.75, 3.05) is 18.4 Å². The first-order valence-corrected chi connectivity index (χ1v) is 10.3. The molecule has 0 spiro atoms. The number of halogens is 3. The van der Waals surface area contributed by atoms with Crippen LogP contribution in [0.2, 0.25) is 0 Å². The van der Waals surface area contributed by atoms with E-state index in [1.807, 2.05) is 4.90 Å². The van der Waals surface area contributed by atoms with Crippen LogP contribution in [0.15, 0.2) is 24.3 Å². The third-order valence-electron chi connectivity index (χ3n) is 5.89. The molecule has 0 bridgehead atoms. The number of urea groups is 1. The summed E-state index contributed by atoms with van der Waals surface area (Å²) in [6, 6.07) is 4.06. The van der Waals surface area contributed by atoms with Crippen molar-refractivity contribution >= 4 is 17.6 Å². The van der Waals surface area contributed by atoms with Gasteiger partial charge in [0, 0.05) is 13.1 Å². The van der Waals surface area contributed by atoms with Gasteiger partial charge in [0.15, 0.2) is 0 Å². The zero-order valence-electron chi connectivity index (χ0n) is 16.6. The van der Waals surface area contributed by atoms with Gasteiger partial charge in [0.2, 0.25) is 5.91 Å². The predicted molar refractivity (Wildman–Crippen MR) is 104 cm³/mol. The van der Waals surface area contributed by atoms with E-state index in [9.17, 15) is 22.8 Å². The fraction of sp³-hybridized carbons (Fsp3) is 0.619. The van der Waals surface area contributed by atoms with Crippen LogP contribution in [-0.2, 0) is 11.0 Å². The van der Waals surface area contributed by atoms with Crippen molar-refractivity contribution in [2.24, 2.45) is 5.92 Å². The number of anilines is 1. The minimum Gasteiger partial charge on any atom is -0.340 e. The quantitative estimate of drug-likeness (QED) is 0.751. The molecule has 2 fully saturated rings. The summed E-state index contributed by atoms with van der Waals surface area (Å²) in [5.41, 5.74) is -2.28. The summed E-state index contributed by atoms with van der Waals surface area (Å²) < 4.78 is 39.6. The number of benzene rings is 1. The first-order chi connectivity index (χ1) is 13.7. The molecule has 2 aliphatic rings. The van der Waals surface area contributed by atoms with Crippen molar-refractivity contribution in [1.82, 2.24) is 10.2 Å². The maximum absolute atomic E-state index is 13.3. The lowest BCUT2D eigenvalue weighted by Crippen LogP contribution is -2.62. The normalized spacial score (nSPS) is 22.1. The first kappa shape index (κ1) is 21.5. The van der Waals surface area contributed by atoms with Gasteiger partial charge in [0.05, 0.1) is 11.3 Å². The summed E-state index contributed by atoms with van der Waals surface area (Å²) in [5, 5.41) is 5.08. The van der Waals surface area contributed by atoms with Crippen LogP contribution in [-0.4, -0.2) is 35.5 Å². The van der Waals surface area contributed by atoms with Gasteiger partial charge in [-0.1, -0.05) is 38.3 Å². The number of piperidine rings is 1. The van der Waals surface area contributed by atoms with Crippen molar-refractivity contribution < 1.29 is 22.8 Å². The van der Waals surface area contributed by atoms with Crippen LogP contribution in [0.4, 0.5) is 23.7 Å². The number of nitrogens with zero attached hydrogens (tertiary/aromatic N) is 1. The van der Waals surface area contributed by atoms with E-state index in [-0.39, 0.29) is 11.6 Å². The molecule has 1 aliphatic heterocycles. The number of alkyl halides is 3. The molecule has 1 saturated carbocycles. The van der Waals surface area contributed by atoms with Crippen molar-refractivity contribution in [3.8, 4) is 0 Å². The van der Waals surface area contributed by atoms with Gasteiger partial charge in [-0.2, -0.15) is 13.2 Å². The third-order valence-corrected chi connectivity index (χ3v) is 5.89. The summed E-state index contributed by atoms with van der Waals surface area (Å²) >= 11 is 0. The highest BCUT2D eigenvalue weighted by Gasteiger charge is 2.44. The molecular formula is C21H28F3N3O2. The van der Waals surface area contributed by atoms with E-state index in [1.165, 1.54) is 18.2 Å². The van der Waals surface area contributed by atoms with Gasteiger partial charge in [-0.15, -0.1) is 0 Å². The first-order valence-electron chi connectivity index (χ1n) is 10.3. The molecule has 0 radical (unpaired) electrons. The maximum atomic E-state index is 13.3. The molecule has 1 aromatic rings. The summed E-state index contributed by atoms with van der Waals surface area (Å²) in [6.07, 6.45) is 1.00. The average Bonchev–Trinajstić information content (AvgIpc) is 2.67. The van der Waals surface area contributed by atoms with Crippen molar-refractivity contribution in [2.45, 2.75) is 63.6 Å². The molecule has 3 amide bonds. The van der Waals surface area contributed by atoms with E-state index in [2.05, 4.69) is 17.6 Å². The van der Waals surface area contributed by atoms with E-state index < -0.39 is 23.3 Å². The molecule has 2 N–H and O–H groups in total. The molecule has 3 rings (SSSR count). The molecule has 1 aliphatic carbocycles. The van der Waals surface area contributed by atoms with Gasteiger partial charge in [0.1, 0.15) is 5.54 Å². The van der Waals surface area contributed by atoms with Gasteiger partial charge in [-0.05, 0) is 43.7 Å². The van der Waals surface area contributed by atoms with Crippen LogP contribution in [0.3, 0.4) is 0 Å². The van der Waals surface area contributed by atoms with E-state index in [0.29, 0.717) is 31.8 Å². The van der Waals surface area contributed by atoms with E-state index in [4.69, 9.17) is 0 Å². The van der Waals surface area contributed by atoms with Crippen LogP contribution in [0.25, 0.3) is 0 Å². The molecule has 1 atom stereocenters. The third kappa shape index (κ3) is 5.03. The molecule has 160 valence electrons. The highest BCUT2D eigenvalue weighted by molar-refractivity contribution is 5.96. The molecule has 5 nitrogen and oxygen atoms in total. The second-order valence-electron chi connectivity index (χ2n) is 8.26. The Hall–Kier alpha value is -2.25. The zero-order chi connectivity index (χ0) is 21.1. The summed E-state index contributed by atoms with van der Waals surface area (Å²) in [5.74, 6) is 0.295. The number of rotatable bonds is 3. The topological polar surface area (TPSA) is 61.4 Å². The van der Waals surface area contributed by atoms with Gasteiger partial charge >= 0.3 is 12.2 Å². The fourth-order valence-electron chi connectivity index (χ4n) is 4.43. The van der Waals surface area contributed by atoms with Crippen LogP contribution in [0.5, 0.6) is 0 Å².